The van der Waals surface area contributed by atoms with Crippen molar-refractivity contribution in [1.29, 1.82) is 0 Å². The molecule has 0 spiro atoms. The summed E-state index contributed by atoms with van der Waals surface area (Å²) in [6.07, 6.45) is 0.674. The van der Waals surface area contributed by atoms with Crippen LogP contribution in [0.5, 0.6) is 0 Å². The lowest BCUT2D eigenvalue weighted by Gasteiger charge is -2.40. The number of carbonyl (C=O) groups excluding carboxylic acids is 1. The van der Waals surface area contributed by atoms with Crippen LogP contribution in [0.4, 0.5) is 10.8 Å². The summed E-state index contributed by atoms with van der Waals surface area (Å²) in [5.74, 6) is -0.602. The zero-order chi connectivity index (χ0) is 22.5. The fourth-order valence-corrected chi connectivity index (χ4v) is 5.91. The van der Waals surface area contributed by atoms with Crippen molar-refractivity contribution in [3.63, 3.8) is 0 Å². The number of amides is 1. The van der Waals surface area contributed by atoms with E-state index >= 15 is 0 Å². The second-order valence-electron chi connectivity index (χ2n) is 8.99. The zero-order valence-corrected chi connectivity index (χ0v) is 18.8. The third kappa shape index (κ3) is 3.53. The first-order valence-corrected chi connectivity index (χ1v) is 11.6. The number of benzene rings is 2. The van der Waals surface area contributed by atoms with E-state index in [1.807, 2.05) is 30.3 Å². The Kier molecular flexibility index (Phi) is 5.14. The molecule has 0 unspecified atom stereocenters. The van der Waals surface area contributed by atoms with Crippen LogP contribution >= 0.6 is 11.3 Å². The molecule has 1 saturated heterocycles. The number of aliphatic carboxylic acids is 1. The second-order valence-corrected chi connectivity index (χ2v) is 10.0. The largest absolute Gasteiger partial charge is 0.481 e. The Morgan fingerprint density at radius 3 is 2.53 bits per heavy atom. The Hall–Kier alpha value is -2.97. The summed E-state index contributed by atoms with van der Waals surface area (Å²) in [6.45, 7) is 2.63. The predicted octanol–water partition coefficient (Wildman–Crippen LogP) is 2.91. The number of rotatable bonds is 6. The van der Waals surface area contributed by atoms with Crippen molar-refractivity contribution >= 4 is 44.2 Å². The van der Waals surface area contributed by atoms with Gasteiger partial charge in [-0.05, 0) is 48.7 Å². The van der Waals surface area contributed by atoms with Crippen molar-refractivity contribution in [3.8, 4) is 0 Å². The number of hydrogen-bond donors (Lipinski definition) is 2. The van der Waals surface area contributed by atoms with Gasteiger partial charge in [-0.3, -0.25) is 14.5 Å². The van der Waals surface area contributed by atoms with Gasteiger partial charge in [-0.25, -0.2) is 4.98 Å². The molecule has 1 aromatic heterocycles. The number of carboxylic acids is 1. The van der Waals surface area contributed by atoms with E-state index in [-0.39, 0.29) is 12.3 Å². The molecule has 2 heterocycles. The average molecular weight is 451 g/mol. The Bertz CT molecular complexity index is 1180. The van der Waals surface area contributed by atoms with Crippen LogP contribution in [0.2, 0.25) is 0 Å². The van der Waals surface area contributed by atoms with Crippen LogP contribution in [-0.4, -0.2) is 48.6 Å². The number of nitrogens with zero attached hydrogens (tertiary/aromatic N) is 3. The Morgan fingerprint density at radius 1 is 1.22 bits per heavy atom. The van der Waals surface area contributed by atoms with Crippen LogP contribution in [0, 0.1) is 11.3 Å². The number of carbonyl (C=O) groups is 2. The van der Waals surface area contributed by atoms with Crippen molar-refractivity contribution in [1.82, 2.24) is 4.98 Å². The quantitative estimate of drug-likeness (QED) is 0.599. The van der Waals surface area contributed by atoms with Crippen molar-refractivity contribution in [2.45, 2.75) is 19.3 Å². The van der Waals surface area contributed by atoms with E-state index in [1.165, 1.54) is 11.3 Å². The molecule has 7 nitrogen and oxygen atoms in total. The molecule has 32 heavy (non-hydrogen) atoms. The lowest BCUT2D eigenvalue weighted by molar-refractivity contribution is -0.144. The number of carboxylic acid groups (broad SMARTS) is 1. The summed E-state index contributed by atoms with van der Waals surface area (Å²) < 4.78 is 1.01. The SMILES string of the molecule is CN(C(=O)C1(CC(=O)O)Cc2ccccc2C1)c1nc2ccc(N3CC(CN)C3)cc2s1. The molecule has 0 bridgehead atoms. The first-order valence-electron chi connectivity index (χ1n) is 10.8. The number of anilines is 2. The minimum atomic E-state index is -0.984. The van der Waals surface area contributed by atoms with Crippen molar-refractivity contribution in [2.75, 3.05) is 36.5 Å². The summed E-state index contributed by atoms with van der Waals surface area (Å²) in [4.78, 5) is 33.9. The minimum Gasteiger partial charge on any atom is -0.481 e. The third-order valence-corrected chi connectivity index (χ3v) is 7.82. The molecule has 1 amide bonds. The molecule has 0 radical (unpaired) electrons. The van der Waals surface area contributed by atoms with Gasteiger partial charge in [-0.1, -0.05) is 35.6 Å². The fourth-order valence-electron chi connectivity index (χ4n) is 4.95. The molecule has 2 aliphatic rings. The van der Waals surface area contributed by atoms with Gasteiger partial charge in [0.15, 0.2) is 5.13 Å². The van der Waals surface area contributed by atoms with Gasteiger partial charge >= 0.3 is 5.97 Å². The molecule has 8 heteroatoms. The fraction of sp³-hybridized carbons (Fsp3) is 0.375. The highest BCUT2D eigenvalue weighted by Gasteiger charge is 2.47. The van der Waals surface area contributed by atoms with Crippen LogP contribution < -0.4 is 15.5 Å². The molecule has 0 atom stereocenters. The molecular formula is C24H26N4O3S. The van der Waals surface area contributed by atoms with Gasteiger partial charge in [0.1, 0.15) is 0 Å². The average Bonchev–Trinajstić information content (AvgIpc) is 3.32. The van der Waals surface area contributed by atoms with Gasteiger partial charge in [-0.15, -0.1) is 0 Å². The highest BCUT2D eigenvalue weighted by atomic mass is 32.1. The molecule has 1 aliphatic carbocycles. The van der Waals surface area contributed by atoms with E-state index in [2.05, 4.69) is 22.0 Å². The van der Waals surface area contributed by atoms with Crippen LogP contribution in [0.3, 0.4) is 0 Å². The maximum absolute atomic E-state index is 13.7. The molecule has 0 saturated carbocycles. The predicted molar refractivity (Wildman–Crippen MR) is 126 cm³/mol. The van der Waals surface area contributed by atoms with Crippen LogP contribution in [-0.2, 0) is 22.4 Å². The van der Waals surface area contributed by atoms with E-state index < -0.39 is 11.4 Å². The molecule has 5 rings (SSSR count). The number of hydrogen-bond acceptors (Lipinski definition) is 6. The minimum absolute atomic E-state index is 0.191. The van der Waals surface area contributed by atoms with E-state index in [4.69, 9.17) is 5.73 Å². The summed E-state index contributed by atoms with van der Waals surface area (Å²) in [5.41, 5.74) is 8.84. The van der Waals surface area contributed by atoms with Gasteiger partial charge in [0, 0.05) is 31.7 Å². The van der Waals surface area contributed by atoms with Gasteiger partial charge in [0.2, 0.25) is 5.91 Å². The molecule has 1 aliphatic heterocycles. The first kappa shape index (κ1) is 20.9. The topological polar surface area (TPSA) is 99.8 Å². The molecule has 2 aromatic carbocycles. The number of thiazole rings is 1. The second kappa shape index (κ2) is 7.86. The maximum atomic E-state index is 13.7. The maximum Gasteiger partial charge on any atom is 0.304 e. The van der Waals surface area contributed by atoms with E-state index in [0.29, 0.717) is 30.4 Å². The molecule has 166 valence electrons. The Morgan fingerprint density at radius 2 is 1.91 bits per heavy atom. The van der Waals surface area contributed by atoms with Gasteiger partial charge < -0.3 is 15.7 Å². The van der Waals surface area contributed by atoms with Crippen molar-refractivity contribution in [3.05, 3.63) is 53.6 Å². The van der Waals surface area contributed by atoms with E-state index in [9.17, 15) is 14.7 Å². The van der Waals surface area contributed by atoms with Crippen molar-refractivity contribution < 1.29 is 14.7 Å². The lowest BCUT2D eigenvalue weighted by Crippen LogP contribution is -2.49. The summed E-state index contributed by atoms with van der Waals surface area (Å²) >= 11 is 1.46. The molecular weight excluding hydrogens is 424 g/mol. The summed E-state index contributed by atoms with van der Waals surface area (Å²) in [5, 5.41) is 10.2. The number of fused-ring (bicyclic) bond motifs is 2. The Balaban J connectivity index is 1.41. The third-order valence-electron chi connectivity index (χ3n) is 6.73. The molecule has 3 aromatic rings. The monoisotopic (exact) mass is 450 g/mol. The van der Waals surface area contributed by atoms with Crippen molar-refractivity contribution in [2.24, 2.45) is 17.1 Å². The molecule has 1 fully saturated rings. The lowest BCUT2D eigenvalue weighted by atomic mass is 9.80. The first-order chi connectivity index (χ1) is 15.4. The van der Waals surface area contributed by atoms with E-state index in [1.54, 1.807) is 11.9 Å². The number of aromatic nitrogens is 1. The Labute approximate surface area is 190 Å². The van der Waals surface area contributed by atoms with Crippen LogP contribution in [0.1, 0.15) is 17.5 Å². The highest BCUT2D eigenvalue weighted by Crippen LogP contribution is 2.43. The van der Waals surface area contributed by atoms with Gasteiger partial charge in [-0.2, -0.15) is 0 Å². The summed E-state index contributed by atoms with van der Waals surface area (Å²) in [7, 11) is 1.70. The van der Waals surface area contributed by atoms with Gasteiger partial charge in [0.05, 0.1) is 22.1 Å². The smallest absolute Gasteiger partial charge is 0.304 e. The standard InChI is InChI=1S/C24H26N4O3S/c1-27(22(31)24(11-21(29)30)9-16-4-2-3-5-17(16)10-24)23-26-19-7-6-18(8-20(19)32-23)28-13-15(12-25)14-28/h2-8,15H,9-14,25H2,1H3,(H,29,30). The zero-order valence-electron chi connectivity index (χ0n) is 18.0. The van der Waals surface area contributed by atoms with Crippen LogP contribution in [0.25, 0.3) is 10.2 Å². The van der Waals surface area contributed by atoms with Crippen LogP contribution in [0.15, 0.2) is 42.5 Å². The van der Waals surface area contributed by atoms with Gasteiger partial charge in [0.25, 0.3) is 0 Å². The van der Waals surface area contributed by atoms with E-state index in [0.717, 1.165) is 40.1 Å². The number of nitrogens with two attached hydrogens (primary N) is 1. The molecule has 3 N–H and O–H groups in total. The highest BCUT2D eigenvalue weighted by molar-refractivity contribution is 7.22. The summed E-state index contributed by atoms with van der Waals surface area (Å²) in [6, 6.07) is 14.0. The normalized spacial score (nSPS) is 17.2.